The summed E-state index contributed by atoms with van der Waals surface area (Å²) < 4.78 is 5.14. The first-order chi connectivity index (χ1) is 10.2. The molecule has 1 aliphatic heterocycles. The molecule has 116 valence electrons. The van der Waals surface area contributed by atoms with Crippen molar-refractivity contribution in [2.45, 2.75) is 51.8 Å². The van der Waals surface area contributed by atoms with E-state index in [2.05, 4.69) is 18.3 Å². The molecule has 21 heavy (non-hydrogen) atoms. The molecule has 0 spiro atoms. The molecule has 1 saturated heterocycles. The molecule has 0 aromatic heterocycles. The number of nitrogens with zero attached hydrogens (tertiary/aromatic N) is 1. The highest BCUT2D eigenvalue weighted by Gasteiger charge is 2.24. The van der Waals surface area contributed by atoms with Crippen molar-refractivity contribution < 1.29 is 9.53 Å². The van der Waals surface area contributed by atoms with Gasteiger partial charge in [-0.15, -0.1) is 0 Å². The largest absolute Gasteiger partial charge is 0.380 e. The van der Waals surface area contributed by atoms with Gasteiger partial charge in [-0.25, -0.2) is 4.79 Å². The van der Waals surface area contributed by atoms with E-state index in [1.54, 1.807) is 7.11 Å². The average molecular weight is 290 g/mol. The Morgan fingerprint density at radius 3 is 2.95 bits per heavy atom. The van der Waals surface area contributed by atoms with E-state index in [0.29, 0.717) is 19.2 Å². The number of methoxy groups -OCH3 is 1. The Morgan fingerprint density at radius 2 is 2.19 bits per heavy atom. The summed E-state index contributed by atoms with van der Waals surface area (Å²) >= 11 is 0. The second kappa shape index (κ2) is 8.03. The van der Waals surface area contributed by atoms with Crippen LogP contribution in [0, 0.1) is 0 Å². The number of likely N-dealkylation sites (tertiary alicyclic amines) is 1. The summed E-state index contributed by atoms with van der Waals surface area (Å²) in [6, 6.07) is 8.62. The van der Waals surface area contributed by atoms with Crippen molar-refractivity contribution in [2.75, 3.05) is 13.7 Å². The third-order valence-electron chi connectivity index (χ3n) is 4.11. The third-order valence-corrected chi connectivity index (χ3v) is 4.11. The van der Waals surface area contributed by atoms with Crippen molar-refractivity contribution in [1.82, 2.24) is 10.2 Å². The SMILES string of the molecule is CCC1CCCCN1C(=O)NCc1cccc(COC)c1. The van der Waals surface area contributed by atoms with Gasteiger partial charge in [0.05, 0.1) is 6.61 Å². The zero-order valence-electron chi connectivity index (χ0n) is 13.1. The molecule has 2 rings (SSSR count). The summed E-state index contributed by atoms with van der Waals surface area (Å²) in [5, 5.41) is 3.05. The van der Waals surface area contributed by atoms with E-state index in [0.717, 1.165) is 36.9 Å². The van der Waals surface area contributed by atoms with Crippen LogP contribution in [0.3, 0.4) is 0 Å². The zero-order chi connectivity index (χ0) is 15.1. The van der Waals surface area contributed by atoms with Crippen molar-refractivity contribution in [2.24, 2.45) is 0 Å². The van der Waals surface area contributed by atoms with Gasteiger partial charge in [-0.05, 0) is 36.8 Å². The van der Waals surface area contributed by atoms with Crippen LogP contribution in [0.25, 0.3) is 0 Å². The Kier molecular flexibility index (Phi) is 6.05. The molecule has 0 aliphatic carbocycles. The fourth-order valence-corrected chi connectivity index (χ4v) is 2.97. The highest BCUT2D eigenvalue weighted by Crippen LogP contribution is 2.19. The van der Waals surface area contributed by atoms with Crippen LogP contribution >= 0.6 is 0 Å². The standard InChI is InChI=1S/C17H26N2O2/c1-3-16-9-4-5-10-19(16)17(20)18-12-14-7-6-8-15(11-14)13-21-2/h6-8,11,16H,3-5,9-10,12-13H2,1-2H3,(H,18,20). The van der Waals surface area contributed by atoms with Crippen LogP contribution in [0.5, 0.6) is 0 Å². The second-order valence-electron chi connectivity index (χ2n) is 5.66. The monoisotopic (exact) mass is 290 g/mol. The summed E-state index contributed by atoms with van der Waals surface area (Å²) in [7, 11) is 1.69. The number of hydrogen-bond donors (Lipinski definition) is 1. The Balaban J connectivity index is 1.89. The lowest BCUT2D eigenvalue weighted by molar-refractivity contribution is 0.148. The van der Waals surface area contributed by atoms with E-state index in [4.69, 9.17) is 4.74 Å². The normalized spacial score (nSPS) is 18.6. The summed E-state index contributed by atoms with van der Waals surface area (Å²) in [6.07, 6.45) is 4.53. The maximum atomic E-state index is 12.3. The highest BCUT2D eigenvalue weighted by atomic mass is 16.5. The number of urea groups is 1. The van der Waals surface area contributed by atoms with Crippen molar-refractivity contribution in [3.63, 3.8) is 0 Å². The quantitative estimate of drug-likeness (QED) is 0.904. The number of ether oxygens (including phenoxy) is 1. The van der Waals surface area contributed by atoms with Crippen LogP contribution in [0.2, 0.25) is 0 Å². The predicted octanol–water partition coefficient (Wildman–Crippen LogP) is 3.31. The number of rotatable bonds is 5. The van der Waals surface area contributed by atoms with Crippen LogP contribution < -0.4 is 5.32 Å². The molecule has 0 radical (unpaired) electrons. The number of piperidine rings is 1. The van der Waals surface area contributed by atoms with Crippen LogP contribution in [-0.2, 0) is 17.9 Å². The summed E-state index contributed by atoms with van der Waals surface area (Å²) in [5.41, 5.74) is 2.25. The molecular weight excluding hydrogens is 264 g/mol. The van der Waals surface area contributed by atoms with Gasteiger partial charge in [-0.1, -0.05) is 31.2 Å². The van der Waals surface area contributed by atoms with Gasteiger partial charge in [-0.3, -0.25) is 0 Å². The Morgan fingerprint density at radius 1 is 1.38 bits per heavy atom. The fourth-order valence-electron chi connectivity index (χ4n) is 2.97. The number of nitrogens with one attached hydrogen (secondary N) is 1. The minimum Gasteiger partial charge on any atom is -0.380 e. The molecule has 4 heteroatoms. The van der Waals surface area contributed by atoms with Crippen LogP contribution in [0.4, 0.5) is 4.79 Å². The highest BCUT2D eigenvalue weighted by molar-refractivity contribution is 5.74. The van der Waals surface area contributed by atoms with Gasteiger partial charge in [0, 0.05) is 26.2 Å². The number of carbonyl (C=O) groups is 1. The average Bonchev–Trinajstić information content (AvgIpc) is 2.53. The van der Waals surface area contributed by atoms with Gasteiger partial charge in [0.2, 0.25) is 0 Å². The third kappa shape index (κ3) is 4.46. The smallest absolute Gasteiger partial charge is 0.317 e. The molecule has 1 fully saturated rings. The van der Waals surface area contributed by atoms with E-state index in [9.17, 15) is 4.79 Å². The van der Waals surface area contributed by atoms with Crippen LogP contribution in [0.1, 0.15) is 43.7 Å². The van der Waals surface area contributed by atoms with E-state index >= 15 is 0 Å². The topological polar surface area (TPSA) is 41.6 Å². The zero-order valence-corrected chi connectivity index (χ0v) is 13.1. The second-order valence-corrected chi connectivity index (χ2v) is 5.66. The van der Waals surface area contributed by atoms with Gasteiger partial charge in [0.1, 0.15) is 0 Å². The lowest BCUT2D eigenvalue weighted by Crippen LogP contribution is -2.48. The van der Waals surface area contributed by atoms with Gasteiger partial charge in [0.25, 0.3) is 0 Å². The van der Waals surface area contributed by atoms with Gasteiger partial charge < -0.3 is 15.0 Å². The first kappa shape index (κ1) is 15.8. The molecule has 1 aromatic carbocycles. The van der Waals surface area contributed by atoms with E-state index < -0.39 is 0 Å². The molecule has 1 N–H and O–H groups in total. The molecule has 2 amide bonds. The van der Waals surface area contributed by atoms with Crippen molar-refractivity contribution in [3.8, 4) is 0 Å². The molecule has 1 atom stereocenters. The molecule has 1 aliphatic rings. The minimum absolute atomic E-state index is 0.0682. The number of benzene rings is 1. The van der Waals surface area contributed by atoms with Gasteiger partial charge in [0.15, 0.2) is 0 Å². The number of carbonyl (C=O) groups excluding carboxylic acids is 1. The van der Waals surface area contributed by atoms with Crippen molar-refractivity contribution in [1.29, 1.82) is 0 Å². The summed E-state index contributed by atoms with van der Waals surface area (Å²) in [6.45, 7) is 4.22. The Bertz CT molecular complexity index is 462. The lowest BCUT2D eigenvalue weighted by atomic mass is 10.0. The summed E-state index contributed by atoms with van der Waals surface area (Å²) in [5.74, 6) is 0. The molecule has 0 bridgehead atoms. The molecular formula is C17H26N2O2. The van der Waals surface area contributed by atoms with Crippen molar-refractivity contribution >= 4 is 6.03 Å². The predicted molar refractivity (Wildman–Crippen MR) is 84.0 cm³/mol. The van der Waals surface area contributed by atoms with Crippen LogP contribution in [-0.4, -0.2) is 30.6 Å². The first-order valence-corrected chi connectivity index (χ1v) is 7.85. The fraction of sp³-hybridized carbons (Fsp3) is 0.588. The molecule has 1 heterocycles. The minimum atomic E-state index is 0.0682. The maximum absolute atomic E-state index is 12.3. The number of amides is 2. The lowest BCUT2D eigenvalue weighted by Gasteiger charge is -2.35. The first-order valence-electron chi connectivity index (χ1n) is 7.85. The van der Waals surface area contributed by atoms with E-state index in [-0.39, 0.29) is 6.03 Å². The molecule has 1 unspecified atom stereocenters. The van der Waals surface area contributed by atoms with Gasteiger partial charge >= 0.3 is 6.03 Å². The van der Waals surface area contributed by atoms with E-state index in [1.165, 1.54) is 6.42 Å². The number of hydrogen-bond acceptors (Lipinski definition) is 2. The van der Waals surface area contributed by atoms with Crippen molar-refractivity contribution in [3.05, 3.63) is 35.4 Å². The van der Waals surface area contributed by atoms with Crippen LogP contribution in [0.15, 0.2) is 24.3 Å². The molecule has 0 saturated carbocycles. The summed E-state index contributed by atoms with van der Waals surface area (Å²) in [4.78, 5) is 14.3. The van der Waals surface area contributed by atoms with Gasteiger partial charge in [-0.2, -0.15) is 0 Å². The molecule has 1 aromatic rings. The molecule has 4 nitrogen and oxygen atoms in total. The Hall–Kier alpha value is -1.55. The van der Waals surface area contributed by atoms with E-state index in [1.807, 2.05) is 23.1 Å². The Labute approximate surface area is 127 Å². The maximum Gasteiger partial charge on any atom is 0.317 e.